The SMILES string of the molecule is CC(C)(C)c1c(CO)nnn1-c1ccc(CC(=O)O)cc1. The smallest absolute Gasteiger partial charge is 0.307 e. The third-order valence-corrected chi connectivity index (χ3v) is 3.14. The highest BCUT2D eigenvalue weighted by atomic mass is 16.4. The number of benzene rings is 1. The Hall–Kier alpha value is -2.21. The number of aliphatic hydroxyl groups is 1. The Morgan fingerprint density at radius 2 is 1.86 bits per heavy atom. The van der Waals surface area contributed by atoms with Crippen LogP contribution in [0.5, 0.6) is 0 Å². The number of nitrogens with zero attached hydrogens (tertiary/aromatic N) is 3. The minimum absolute atomic E-state index is 0.00828. The molecule has 0 saturated heterocycles. The molecule has 0 saturated carbocycles. The summed E-state index contributed by atoms with van der Waals surface area (Å²) in [5.41, 5.74) is 2.70. The van der Waals surface area contributed by atoms with Gasteiger partial charge in [0.15, 0.2) is 0 Å². The summed E-state index contributed by atoms with van der Waals surface area (Å²) in [5, 5.41) is 26.3. The lowest BCUT2D eigenvalue weighted by Gasteiger charge is -2.21. The van der Waals surface area contributed by atoms with Gasteiger partial charge in [-0.2, -0.15) is 0 Å². The van der Waals surface area contributed by atoms with Gasteiger partial charge in [-0.1, -0.05) is 38.1 Å². The average Bonchev–Trinajstić information content (AvgIpc) is 2.82. The number of rotatable bonds is 4. The maximum absolute atomic E-state index is 10.7. The second-order valence-electron chi connectivity index (χ2n) is 5.94. The van der Waals surface area contributed by atoms with Crippen LogP contribution in [0.2, 0.25) is 0 Å². The van der Waals surface area contributed by atoms with Crippen molar-refractivity contribution in [3.8, 4) is 5.69 Å². The Bertz CT molecular complexity index is 639. The first-order valence-corrected chi connectivity index (χ1v) is 6.70. The molecule has 0 aliphatic rings. The quantitative estimate of drug-likeness (QED) is 0.894. The molecule has 1 aromatic heterocycles. The Labute approximate surface area is 123 Å². The second-order valence-corrected chi connectivity index (χ2v) is 5.94. The Balaban J connectivity index is 2.43. The van der Waals surface area contributed by atoms with Gasteiger partial charge in [-0.3, -0.25) is 4.79 Å². The van der Waals surface area contributed by atoms with Gasteiger partial charge in [-0.15, -0.1) is 5.10 Å². The summed E-state index contributed by atoms with van der Waals surface area (Å²) in [5.74, 6) is -0.860. The number of aliphatic carboxylic acids is 1. The molecule has 2 aromatic rings. The Morgan fingerprint density at radius 1 is 1.24 bits per heavy atom. The number of hydrogen-bond donors (Lipinski definition) is 2. The van der Waals surface area contributed by atoms with Crippen LogP contribution in [-0.4, -0.2) is 31.2 Å². The van der Waals surface area contributed by atoms with Gasteiger partial charge < -0.3 is 10.2 Å². The van der Waals surface area contributed by atoms with Gasteiger partial charge in [0.2, 0.25) is 0 Å². The molecule has 0 fully saturated rings. The van der Waals surface area contributed by atoms with Gasteiger partial charge in [0, 0.05) is 5.41 Å². The first-order chi connectivity index (χ1) is 9.82. The lowest BCUT2D eigenvalue weighted by Crippen LogP contribution is -2.19. The standard InChI is InChI=1S/C15H19N3O3/c1-15(2,3)14-12(9-19)16-17-18(14)11-6-4-10(5-7-11)8-13(20)21/h4-7,19H,8-9H2,1-3H3,(H,20,21). The minimum atomic E-state index is -0.860. The highest BCUT2D eigenvalue weighted by molar-refractivity contribution is 5.70. The number of aromatic nitrogens is 3. The monoisotopic (exact) mass is 289 g/mol. The van der Waals surface area contributed by atoms with E-state index < -0.39 is 5.97 Å². The van der Waals surface area contributed by atoms with E-state index in [4.69, 9.17) is 5.11 Å². The first-order valence-electron chi connectivity index (χ1n) is 6.70. The van der Waals surface area contributed by atoms with Crippen molar-refractivity contribution in [1.82, 2.24) is 15.0 Å². The van der Waals surface area contributed by atoms with Crippen LogP contribution in [0.3, 0.4) is 0 Å². The summed E-state index contributed by atoms with van der Waals surface area (Å²) in [6, 6.07) is 7.14. The van der Waals surface area contributed by atoms with Crippen molar-refractivity contribution in [1.29, 1.82) is 0 Å². The summed E-state index contributed by atoms with van der Waals surface area (Å²) >= 11 is 0. The van der Waals surface area contributed by atoms with Crippen molar-refractivity contribution in [2.24, 2.45) is 0 Å². The van der Waals surface area contributed by atoms with Crippen LogP contribution < -0.4 is 0 Å². The zero-order valence-electron chi connectivity index (χ0n) is 12.4. The lowest BCUT2D eigenvalue weighted by atomic mass is 9.90. The fourth-order valence-electron chi connectivity index (χ4n) is 2.28. The predicted molar refractivity (Wildman–Crippen MR) is 77.3 cm³/mol. The molecule has 0 spiro atoms. The van der Waals surface area contributed by atoms with Crippen LogP contribution in [0.4, 0.5) is 0 Å². The number of carboxylic acid groups (broad SMARTS) is 1. The van der Waals surface area contributed by atoms with Crippen LogP contribution in [-0.2, 0) is 23.2 Å². The Kier molecular flexibility index (Phi) is 4.09. The summed E-state index contributed by atoms with van der Waals surface area (Å²) in [6.45, 7) is 5.92. The maximum Gasteiger partial charge on any atom is 0.307 e. The average molecular weight is 289 g/mol. The fraction of sp³-hybridized carbons (Fsp3) is 0.400. The van der Waals surface area contributed by atoms with Crippen molar-refractivity contribution in [3.63, 3.8) is 0 Å². The molecule has 0 aliphatic carbocycles. The van der Waals surface area contributed by atoms with Crippen LogP contribution in [0.15, 0.2) is 24.3 Å². The number of hydrogen-bond acceptors (Lipinski definition) is 4. The summed E-state index contributed by atoms with van der Waals surface area (Å²) in [6.07, 6.45) is -0.00828. The van der Waals surface area contributed by atoms with Crippen molar-refractivity contribution < 1.29 is 15.0 Å². The fourth-order valence-corrected chi connectivity index (χ4v) is 2.28. The van der Waals surface area contributed by atoms with E-state index >= 15 is 0 Å². The minimum Gasteiger partial charge on any atom is -0.481 e. The van der Waals surface area contributed by atoms with Crippen molar-refractivity contribution in [3.05, 3.63) is 41.2 Å². The predicted octanol–water partition coefficient (Wildman–Crippen LogP) is 1.68. The van der Waals surface area contributed by atoms with E-state index in [1.807, 2.05) is 32.9 Å². The van der Waals surface area contributed by atoms with Gasteiger partial charge in [0.1, 0.15) is 5.69 Å². The molecule has 6 nitrogen and oxygen atoms in total. The highest BCUT2D eigenvalue weighted by Gasteiger charge is 2.25. The van der Waals surface area contributed by atoms with Gasteiger partial charge in [0.25, 0.3) is 0 Å². The topological polar surface area (TPSA) is 88.2 Å². The number of carboxylic acids is 1. The molecule has 1 aromatic carbocycles. The largest absolute Gasteiger partial charge is 0.481 e. The van der Waals surface area contributed by atoms with Crippen LogP contribution in [0.1, 0.15) is 37.7 Å². The summed E-state index contributed by atoms with van der Waals surface area (Å²) < 4.78 is 1.69. The molecule has 2 rings (SSSR count). The summed E-state index contributed by atoms with van der Waals surface area (Å²) in [4.78, 5) is 10.7. The lowest BCUT2D eigenvalue weighted by molar-refractivity contribution is -0.136. The van der Waals surface area contributed by atoms with Crippen molar-refractivity contribution in [2.75, 3.05) is 0 Å². The molecule has 2 N–H and O–H groups in total. The first kappa shape index (κ1) is 15.2. The van der Waals surface area contributed by atoms with Crippen LogP contribution in [0, 0.1) is 0 Å². The molecule has 21 heavy (non-hydrogen) atoms. The molecule has 0 atom stereocenters. The van der Waals surface area contributed by atoms with Crippen LogP contribution >= 0.6 is 0 Å². The van der Waals surface area contributed by atoms with E-state index in [0.717, 1.165) is 16.9 Å². The highest BCUT2D eigenvalue weighted by Crippen LogP contribution is 2.27. The van der Waals surface area contributed by atoms with E-state index in [1.165, 1.54) is 0 Å². The van der Waals surface area contributed by atoms with E-state index in [-0.39, 0.29) is 18.4 Å². The molecule has 1 heterocycles. The Morgan fingerprint density at radius 3 is 2.33 bits per heavy atom. The van der Waals surface area contributed by atoms with E-state index in [0.29, 0.717) is 5.69 Å². The number of carbonyl (C=O) groups is 1. The third-order valence-electron chi connectivity index (χ3n) is 3.14. The van der Waals surface area contributed by atoms with E-state index in [2.05, 4.69) is 10.3 Å². The van der Waals surface area contributed by atoms with E-state index in [1.54, 1.807) is 16.8 Å². The van der Waals surface area contributed by atoms with Gasteiger partial charge in [-0.05, 0) is 17.7 Å². The van der Waals surface area contributed by atoms with E-state index in [9.17, 15) is 9.90 Å². The molecule has 6 heteroatoms. The zero-order valence-corrected chi connectivity index (χ0v) is 12.4. The molecule has 0 amide bonds. The second kappa shape index (κ2) is 5.65. The third kappa shape index (κ3) is 3.28. The van der Waals surface area contributed by atoms with Crippen LogP contribution in [0.25, 0.3) is 5.69 Å². The van der Waals surface area contributed by atoms with Crippen molar-refractivity contribution >= 4 is 5.97 Å². The zero-order chi connectivity index (χ0) is 15.6. The molecular weight excluding hydrogens is 270 g/mol. The molecule has 0 unspecified atom stereocenters. The summed E-state index contributed by atoms with van der Waals surface area (Å²) in [7, 11) is 0. The van der Waals surface area contributed by atoms with Gasteiger partial charge >= 0.3 is 5.97 Å². The van der Waals surface area contributed by atoms with Gasteiger partial charge in [0.05, 0.1) is 24.4 Å². The molecule has 112 valence electrons. The molecule has 0 bridgehead atoms. The van der Waals surface area contributed by atoms with Crippen molar-refractivity contribution in [2.45, 2.75) is 39.2 Å². The normalized spacial score (nSPS) is 11.6. The van der Waals surface area contributed by atoms with Gasteiger partial charge in [-0.25, -0.2) is 4.68 Å². The molecule has 0 radical (unpaired) electrons. The maximum atomic E-state index is 10.7. The molecule has 0 aliphatic heterocycles. The number of aliphatic hydroxyl groups excluding tert-OH is 1. The molecular formula is C15H19N3O3.